The second-order valence-corrected chi connectivity index (χ2v) is 5.74. The maximum Gasteiger partial charge on any atom is 0.0991 e. The molecule has 0 spiro atoms. The molecular weight excluding hydrogens is 268 g/mol. The topological polar surface area (TPSA) is 42.7 Å². The van der Waals surface area contributed by atoms with Crippen molar-refractivity contribution >= 4 is 17.0 Å². The van der Waals surface area contributed by atoms with Gasteiger partial charge in [0, 0.05) is 29.1 Å². The lowest BCUT2D eigenvalue weighted by Gasteiger charge is -2.14. The van der Waals surface area contributed by atoms with Crippen molar-refractivity contribution in [1.29, 1.82) is 0 Å². The van der Waals surface area contributed by atoms with Crippen LogP contribution >= 0.6 is 11.3 Å². The van der Waals surface area contributed by atoms with Crippen LogP contribution in [0, 0.1) is 6.92 Å². The SMILES string of the molecule is Cc1nc(C(C)Nc2cccc(-n3ccnc3)c2)cs1. The van der Waals surface area contributed by atoms with Crippen LogP contribution in [-0.2, 0) is 0 Å². The highest BCUT2D eigenvalue weighted by atomic mass is 32.1. The molecule has 0 aliphatic rings. The van der Waals surface area contributed by atoms with Crippen LogP contribution in [0.15, 0.2) is 48.4 Å². The number of benzene rings is 1. The summed E-state index contributed by atoms with van der Waals surface area (Å²) >= 11 is 1.68. The van der Waals surface area contributed by atoms with Gasteiger partial charge < -0.3 is 9.88 Å². The minimum absolute atomic E-state index is 0.193. The lowest BCUT2D eigenvalue weighted by molar-refractivity contribution is 0.845. The fraction of sp³-hybridized carbons (Fsp3) is 0.200. The third-order valence-corrected chi connectivity index (χ3v) is 3.90. The van der Waals surface area contributed by atoms with Gasteiger partial charge in [-0.05, 0) is 32.0 Å². The van der Waals surface area contributed by atoms with E-state index in [1.807, 2.05) is 23.8 Å². The molecule has 0 radical (unpaired) electrons. The molecule has 102 valence electrons. The van der Waals surface area contributed by atoms with Crippen LogP contribution in [0.4, 0.5) is 5.69 Å². The lowest BCUT2D eigenvalue weighted by Crippen LogP contribution is -2.07. The summed E-state index contributed by atoms with van der Waals surface area (Å²) in [6.07, 6.45) is 5.51. The second-order valence-electron chi connectivity index (χ2n) is 4.68. The highest BCUT2D eigenvalue weighted by molar-refractivity contribution is 7.09. The van der Waals surface area contributed by atoms with Gasteiger partial charge in [0.15, 0.2) is 0 Å². The molecule has 4 nitrogen and oxygen atoms in total. The predicted molar refractivity (Wildman–Crippen MR) is 82.5 cm³/mol. The van der Waals surface area contributed by atoms with E-state index in [4.69, 9.17) is 0 Å². The summed E-state index contributed by atoms with van der Waals surface area (Å²) in [5.41, 5.74) is 3.25. The number of thiazole rings is 1. The first kappa shape index (κ1) is 12.9. The number of aromatic nitrogens is 3. The Bertz CT molecular complexity index is 687. The molecule has 3 aromatic rings. The van der Waals surface area contributed by atoms with Gasteiger partial charge >= 0.3 is 0 Å². The van der Waals surface area contributed by atoms with Gasteiger partial charge in [-0.2, -0.15) is 0 Å². The van der Waals surface area contributed by atoms with Crippen molar-refractivity contribution in [3.05, 3.63) is 59.1 Å². The van der Waals surface area contributed by atoms with E-state index < -0.39 is 0 Å². The Morgan fingerprint density at radius 2 is 2.25 bits per heavy atom. The highest BCUT2D eigenvalue weighted by Crippen LogP contribution is 2.22. The average Bonchev–Trinajstić information content (AvgIpc) is 3.10. The summed E-state index contributed by atoms with van der Waals surface area (Å²) in [6.45, 7) is 4.15. The highest BCUT2D eigenvalue weighted by Gasteiger charge is 2.09. The zero-order valence-electron chi connectivity index (χ0n) is 11.4. The molecule has 1 unspecified atom stereocenters. The number of rotatable bonds is 4. The fourth-order valence-electron chi connectivity index (χ4n) is 2.07. The number of hydrogen-bond acceptors (Lipinski definition) is 4. The van der Waals surface area contributed by atoms with Crippen LogP contribution in [0.5, 0.6) is 0 Å². The van der Waals surface area contributed by atoms with Gasteiger partial charge in [0.25, 0.3) is 0 Å². The van der Waals surface area contributed by atoms with E-state index in [0.29, 0.717) is 0 Å². The summed E-state index contributed by atoms with van der Waals surface area (Å²) in [5, 5.41) is 6.69. The number of nitrogens with zero attached hydrogens (tertiary/aromatic N) is 3. The van der Waals surface area contributed by atoms with Gasteiger partial charge in [-0.3, -0.25) is 0 Å². The van der Waals surface area contributed by atoms with Gasteiger partial charge in [0.2, 0.25) is 0 Å². The molecule has 1 aromatic carbocycles. The van der Waals surface area contributed by atoms with Crippen molar-refractivity contribution in [3.8, 4) is 5.69 Å². The first-order chi connectivity index (χ1) is 9.72. The van der Waals surface area contributed by atoms with Crippen LogP contribution < -0.4 is 5.32 Å². The van der Waals surface area contributed by atoms with Crippen LogP contribution in [0.3, 0.4) is 0 Å². The molecule has 0 saturated heterocycles. The first-order valence-electron chi connectivity index (χ1n) is 6.49. The van der Waals surface area contributed by atoms with Crippen molar-refractivity contribution in [3.63, 3.8) is 0 Å². The monoisotopic (exact) mass is 284 g/mol. The Morgan fingerprint density at radius 1 is 1.35 bits per heavy atom. The molecule has 0 bridgehead atoms. The summed E-state index contributed by atoms with van der Waals surface area (Å²) in [5.74, 6) is 0. The summed E-state index contributed by atoms with van der Waals surface area (Å²) < 4.78 is 1.99. The third kappa shape index (κ3) is 2.72. The largest absolute Gasteiger partial charge is 0.377 e. The smallest absolute Gasteiger partial charge is 0.0991 e. The third-order valence-electron chi connectivity index (χ3n) is 3.11. The van der Waals surface area contributed by atoms with E-state index in [0.717, 1.165) is 22.1 Å². The van der Waals surface area contributed by atoms with Crippen LogP contribution in [0.25, 0.3) is 5.69 Å². The number of aryl methyl sites for hydroxylation is 1. The van der Waals surface area contributed by atoms with E-state index in [1.54, 1.807) is 23.9 Å². The van der Waals surface area contributed by atoms with Crippen molar-refractivity contribution in [2.24, 2.45) is 0 Å². The second kappa shape index (κ2) is 5.46. The number of imidazole rings is 1. The first-order valence-corrected chi connectivity index (χ1v) is 7.37. The van der Waals surface area contributed by atoms with Crippen LogP contribution in [-0.4, -0.2) is 14.5 Å². The van der Waals surface area contributed by atoms with Gasteiger partial charge in [-0.1, -0.05) is 6.07 Å². The van der Waals surface area contributed by atoms with E-state index in [2.05, 4.69) is 45.8 Å². The molecule has 0 aliphatic carbocycles. The van der Waals surface area contributed by atoms with Crippen molar-refractivity contribution in [2.45, 2.75) is 19.9 Å². The van der Waals surface area contributed by atoms with E-state index in [-0.39, 0.29) is 6.04 Å². The lowest BCUT2D eigenvalue weighted by atomic mass is 10.2. The molecule has 3 rings (SSSR count). The Balaban J connectivity index is 1.79. The molecule has 0 saturated carbocycles. The molecule has 20 heavy (non-hydrogen) atoms. The number of nitrogens with one attached hydrogen (secondary N) is 1. The van der Waals surface area contributed by atoms with Crippen molar-refractivity contribution in [2.75, 3.05) is 5.32 Å². The Kier molecular flexibility index (Phi) is 3.52. The zero-order chi connectivity index (χ0) is 13.9. The zero-order valence-corrected chi connectivity index (χ0v) is 12.3. The molecule has 1 atom stereocenters. The van der Waals surface area contributed by atoms with Crippen LogP contribution in [0.2, 0.25) is 0 Å². The quantitative estimate of drug-likeness (QED) is 0.792. The maximum absolute atomic E-state index is 4.52. The van der Waals surface area contributed by atoms with E-state index in [9.17, 15) is 0 Å². The molecule has 0 amide bonds. The minimum Gasteiger partial charge on any atom is -0.377 e. The fourth-order valence-corrected chi connectivity index (χ4v) is 2.78. The molecule has 0 aliphatic heterocycles. The molecule has 2 heterocycles. The molecular formula is C15H16N4S. The summed E-state index contributed by atoms with van der Waals surface area (Å²) in [7, 11) is 0. The van der Waals surface area contributed by atoms with E-state index >= 15 is 0 Å². The summed E-state index contributed by atoms with van der Waals surface area (Å²) in [6, 6.07) is 8.47. The number of hydrogen-bond donors (Lipinski definition) is 1. The predicted octanol–water partition coefficient (Wildman–Crippen LogP) is 3.81. The Morgan fingerprint density at radius 3 is 2.95 bits per heavy atom. The normalized spacial score (nSPS) is 12.3. The van der Waals surface area contributed by atoms with Gasteiger partial charge in [0.1, 0.15) is 0 Å². The minimum atomic E-state index is 0.193. The molecule has 2 aromatic heterocycles. The van der Waals surface area contributed by atoms with E-state index in [1.165, 1.54) is 0 Å². The maximum atomic E-state index is 4.52. The Labute approximate surface area is 122 Å². The van der Waals surface area contributed by atoms with Crippen molar-refractivity contribution in [1.82, 2.24) is 14.5 Å². The number of anilines is 1. The molecule has 5 heteroatoms. The van der Waals surface area contributed by atoms with Gasteiger partial charge in [-0.15, -0.1) is 11.3 Å². The Hall–Kier alpha value is -2.14. The molecule has 1 N–H and O–H groups in total. The van der Waals surface area contributed by atoms with Crippen LogP contribution in [0.1, 0.15) is 23.7 Å². The molecule has 0 fully saturated rings. The summed E-state index contributed by atoms with van der Waals surface area (Å²) in [4.78, 5) is 8.59. The standard InChI is InChI=1S/C15H16N4S/c1-11(15-9-20-12(2)18-15)17-13-4-3-5-14(8-13)19-7-6-16-10-19/h3-11,17H,1-2H3. The van der Waals surface area contributed by atoms with Gasteiger partial charge in [0.05, 0.1) is 23.1 Å². The van der Waals surface area contributed by atoms with Crippen molar-refractivity contribution < 1.29 is 0 Å². The van der Waals surface area contributed by atoms with Gasteiger partial charge in [-0.25, -0.2) is 9.97 Å². The average molecular weight is 284 g/mol.